The van der Waals surface area contributed by atoms with Gasteiger partial charge in [-0.05, 0) is 49.6 Å². The van der Waals surface area contributed by atoms with E-state index in [1.165, 1.54) is 25.7 Å². The van der Waals surface area contributed by atoms with Gasteiger partial charge in [-0.15, -0.1) is 0 Å². The first-order chi connectivity index (χ1) is 14.2. The molecule has 2 heterocycles. The fourth-order valence-electron chi connectivity index (χ4n) is 4.69. The van der Waals surface area contributed by atoms with E-state index in [1.54, 1.807) is 7.11 Å². The lowest BCUT2D eigenvalue weighted by molar-refractivity contribution is 0.0581. The van der Waals surface area contributed by atoms with Crippen molar-refractivity contribution < 1.29 is 13.9 Å². The summed E-state index contributed by atoms with van der Waals surface area (Å²) < 4.78 is 17.5. The third-order valence-corrected chi connectivity index (χ3v) is 6.26. The molecule has 1 saturated carbocycles. The number of nitrogens with zero attached hydrogens (tertiary/aromatic N) is 1. The van der Waals surface area contributed by atoms with Gasteiger partial charge in [-0.2, -0.15) is 0 Å². The third-order valence-electron chi connectivity index (χ3n) is 6.26. The highest BCUT2D eigenvalue weighted by atomic mass is 16.5. The number of hydrogen-bond donors (Lipinski definition) is 0. The summed E-state index contributed by atoms with van der Waals surface area (Å²) in [5.74, 6) is 2.21. The smallest absolute Gasteiger partial charge is 0.200 e. The molecule has 2 aliphatic rings. The molecule has 29 heavy (non-hydrogen) atoms. The van der Waals surface area contributed by atoms with E-state index in [4.69, 9.17) is 13.9 Å². The summed E-state index contributed by atoms with van der Waals surface area (Å²) in [4.78, 5) is 15.8. The van der Waals surface area contributed by atoms with Gasteiger partial charge in [0.2, 0.25) is 5.43 Å². The van der Waals surface area contributed by atoms with Crippen molar-refractivity contribution >= 4 is 11.0 Å². The summed E-state index contributed by atoms with van der Waals surface area (Å²) in [7, 11) is 1.63. The highest BCUT2D eigenvalue weighted by Crippen LogP contribution is 2.36. The molecule has 2 aromatic carbocycles. The van der Waals surface area contributed by atoms with Gasteiger partial charge in [-0.3, -0.25) is 9.69 Å². The molecule has 0 bridgehead atoms. The molecule has 150 valence electrons. The predicted octanol–water partition coefficient (Wildman–Crippen LogP) is 4.87. The van der Waals surface area contributed by atoms with Gasteiger partial charge in [0.1, 0.15) is 29.6 Å². The van der Waals surface area contributed by atoms with Gasteiger partial charge in [0, 0.05) is 12.6 Å². The maximum Gasteiger partial charge on any atom is 0.200 e. The Balaban J connectivity index is 1.61. The van der Waals surface area contributed by atoms with Crippen molar-refractivity contribution in [1.82, 2.24) is 4.90 Å². The Morgan fingerprint density at radius 3 is 2.55 bits per heavy atom. The topological polar surface area (TPSA) is 51.9 Å². The van der Waals surface area contributed by atoms with Crippen LogP contribution in [0.5, 0.6) is 11.5 Å². The lowest BCUT2D eigenvalue weighted by Crippen LogP contribution is -2.39. The van der Waals surface area contributed by atoms with Crippen molar-refractivity contribution in [3.05, 3.63) is 57.9 Å². The van der Waals surface area contributed by atoms with Crippen LogP contribution in [-0.4, -0.2) is 24.8 Å². The lowest BCUT2D eigenvalue weighted by Gasteiger charge is -2.33. The highest BCUT2D eigenvalue weighted by Gasteiger charge is 2.29. The van der Waals surface area contributed by atoms with Gasteiger partial charge in [0.25, 0.3) is 0 Å². The minimum atomic E-state index is -0.00490. The Labute approximate surface area is 169 Å². The Hall–Kier alpha value is -2.79. The normalized spacial score (nSPS) is 17.3. The van der Waals surface area contributed by atoms with E-state index in [2.05, 4.69) is 4.90 Å². The zero-order valence-corrected chi connectivity index (χ0v) is 16.9. The summed E-state index contributed by atoms with van der Waals surface area (Å²) in [6.07, 6.45) is 4.99. The maximum atomic E-state index is 13.4. The molecule has 0 atom stereocenters. The molecule has 0 saturated heterocycles. The van der Waals surface area contributed by atoms with Crippen LogP contribution >= 0.6 is 0 Å². The van der Waals surface area contributed by atoms with E-state index in [1.807, 2.05) is 43.3 Å². The second kappa shape index (κ2) is 7.23. The van der Waals surface area contributed by atoms with Crippen LogP contribution in [-0.2, 0) is 6.54 Å². The molecular formula is C24H25NO4. The van der Waals surface area contributed by atoms with Crippen LogP contribution in [0.1, 0.15) is 37.0 Å². The Morgan fingerprint density at radius 2 is 1.83 bits per heavy atom. The molecule has 3 aromatic rings. The average molecular weight is 391 g/mol. The Bertz CT molecular complexity index is 1110. The van der Waals surface area contributed by atoms with Gasteiger partial charge < -0.3 is 13.9 Å². The van der Waals surface area contributed by atoms with Crippen molar-refractivity contribution in [3.63, 3.8) is 0 Å². The van der Waals surface area contributed by atoms with Gasteiger partial charge in [0.05, 0.1) is 23.6 Å². The van der Waals surface area contributed by atoms with E-state index in [0.717, 1.165) is 29.2 Å². The summed E-state index contributed by atoms with van der Waals surface area (Å²) in [6, 6.07) is 11.8. The fraction of sp³-hybridized carbons (Fsp3) is 0.375. The van der Waals surface area contributed by atoms with Crippen molar-refractivity contribution in [1.29, 1.82) is 0 Å². The standard InChI is InChI=1S/C24H25NO4/c1-15-22(16-7-9-18(27-2)10-8-16)23(26)19-11-12-21-20(24(19)29-15)13-25(14-28-21)17-5-3-4-6-17/h7-12,17H,3-6,13-14H2,1-2H3. The SMILES string of the molecule is COc1ccc(-c2c(C)oc3c4c(ccc3c2=O)OCN(C2CCCC2)C4)cc1. The molecule has 5 nitrogen and oxygen atoms in total. The Kier molecular flexibility index (Phi) is 4.55. The van der Waals surface area contributed by atoms with Crippen molar-refractivity contribution in [2.45, 2.75) is 45.2 Å². The first kappa shape index (κ1) is 18.3. The van der Waals surface area contributed by atoms with Gasteiger partial charge >= 0.3 is 0 Å². The molecule has 0 amide bonds. The molecule has 5 rings (SSSR count). The second-order valence-electron chi connectivity index (χ2n) is 7.97. The predicted molar refractivity (Wildman–Crippen MR) is 113 cm³/mol. The van der Waals surface area contributed by atoms with Crippen LogP contribution in [0.4, 0.5) is 0 Å². The molecule has 0 radical (unpaired) electrons. The summed E-state index contributed by atoms with van der Waals surface area (Å²) >= 11 is 0. The van der Waals surface area contributed by atoms with Crippen molar-refractivity contribution in [3.8, 4) is 22.6 Å². The molecule has 0 unspecified atom stereocenters. The first-order valence-corrected chi connectivity index (χ1v) is 10.3. The number of hydrogen-bond acceptors (Lipinski definition) is 5. The van der Waals surface area contributed by atoms with E-state index >= 15 is 0 Å². The maximum absolute atomic E-state index is 13.4. The minimum Gasteiger partial charge on any atom is -0.497 e. The van der Waals surface area contributed by atoms with Gasteiger partial charge in [-0.1, -0.05) is 25.0 Å². The number of aryl methyl sites for hydroxylation is 1. The number of benzene rings is 2. The van der Waals surface area contributed by atoms with E-state index in [9.17, 15) is 4.79 Å². The lowest BCUT2D eigenvalue weighted by atomic mass is 10.00. The quantitative estimate of drug-likeness (QED) is 0.637. The first-order valence-electron chi connectivity index (χ1n) is 10.3. The molecular weight excluding hydrogens is 366 g/mol. The molecule has 1 aliphatic heterocycles. The zero-order chi connectivity index (χ0) is 20.0. The summed E-state index contributed by atoms with van der Waals surface area (Å²) in [6.45, 7) is 3.23. The van der Waals surface area contributed by atoms with Crippen LogP contribution < -0.4 is 14.9 Å². The molecule has 1 aliphatic carbocycles. The van der Waals surface area contributed by atoms with Crippen LogP contribution in [0.15, 0.2) is 45.6 Å². The molecule has 5 heteroatoms. The number of rotatable bonds is 3. The molecule has 1 fully saturated rings. The zero-order valence-electron chi connectivity index (χ0n) is 16.9. The molecule has 0 spiro atoms. The summed E-state index contributed by atoms with van der Waals surface area (Å²) in [5.41, 5.74) is 3.08. The van der Waals surface area contributed by atoms with Gasteiger partial charge in [0.15, 0.2) is 0 Å². The number of methoxy groups -OCH3 is 1. The molecule has 0 N–H and O–H groups in total. The number of ether oxygens (including phenoxy) is 2. The average Bonchev–Trinajstić information content (AvgIpc) is 3.29. The van der Waals surface area contributed by atoms with Crippen molar-refractivity contribution in [2.75, 3.05) is 13.8 Å². The summed E-state index contributed by atoms with van der Waals surface area (Å²) in [5, 5.41) is 0.608. The third kappa shape index (κ3) is 3.10. The van der Waals surface area contributed by atoms with Crippen LogP contribution in [0.2, 0.25) is 0 Å². The number of fused-ring (bicyclic) bond motifs is 3. The fourth-order valence-corrected chi connectivity index (χ4v) is 4.69. The van der Waals surface area contributed by atoms with Gasteiger partial charge in [-0.25, -0.2) is 0 Å². The minimum absolute atomic E-state index is 0.00490. The van der Waals surface area contributed by atoms with Crippen molar-refractivity contribution in [2.24, 2.45) is 0 Å². The van der Waals surface area contributed by atoms with E-state index < -0.39 is 0 Å². The van der Waals surface area contributed by atoms with E-state index in [0.29, 0.717) is 35.1 Å². The highest BCUT2D eigenvalue weighted by molar-refractivity contribution is 5.86. The Morgan fingerprint density at radius 1 is 1.07 bits per heavy atom. The van der Waals surface area contributed by atoms with E-state index in [-0.39, 0.29) is 5.43 Å². The monoisotopic (exact) mass is 391 g/mol. The van der Waals surface area contributed by atoms with Crippen LogP contribution in [0, 0.1) is 6.92 Å². The van der Waals surface area contributed by atoms with Crippen LogP contribution in [0.3, 0.4) is 0 Å². The second-order valence-corrected chi connectivity index (χ2v) is 7.97. The van der Waals surface area contributed by atoms with Crippen LogP contribution in [0.25, 0.3) is 22.1 Å². The largest absolute Gasteiger partial charge is 0.497 e. The molecule has 1 aromatic heterocycles.